The minimum absolute atomic E-state index is 1.12. The summed E-state index contributed by atoms with van der Waals surface area (Å²) in [4.78, 5) is 2.32. The molecule has 1 aromatic rings. The summed E-state index contributed by atoms with van der Waals surface area (Å²) >= 11 is 2.29. The third-order valence-electron chi connectivity index (χ3n) is 1.85. The Labute approximate surface area is 74.3 Å². The van der Waals surface area contributed by atoms with Gasteiger partial charge in [0.25, 0.3) is 0 Å². The quantitative estimate of drug-likeness (QED) is 0.633. The van der Waals surface area contributed by atoms with Crippen LogP contribution in [0.4, 0.5) is 0 Å². The second-order valence-electron chi connectivity index (χ2n) is 2.83. The van der Waals surface area contributed by atoms with Crippen molar-refractivity contribution in [3.63, 3.8) is 0 Å². The van der Waals surface area contributed by atoms with E-state index in [-0.39, 0.29) is 0 Å². The molecule has 0 saturated heterocycles. The first-order valence-corrected chi connectivity index (χ1v) is 4.26. The second kappa shape index (κ2) is 2.23. The zero-order valence-corrected chi connectivity index (χ0v) is 8.00. The molecule has 0 saturated carbocycles. The smallest absolute Gasteiger partial charge is 0.0634 e. The van der Waals surface area contributed by atoms with Gasteiger partial charge in [-0.1, -0.05) is 0 Å². The van der Waals surface area contributed by atoms with Gasteiger partial charge in [0.05, 0.1) is 22.9 Å². The van der Waals surface area contributed by atoms with Gasteiger partial charge in [0.2, 0.25) is 0 Å². The van der Waals surface area contributed by atoms with Gasteiger partial charge in [0.1, 0.15) is 0 Å². The predicted molar refractivity (Wildman–Crippen MR) is 49.0 cm³/mol. The van der Waals surface area contributed by atoms with Crippen molar-refractivity contribution in [2.24, 2.45) is 0 Å². The van der Waals surface area contributed by atoms with Crippen molar-refractivity contribution in [1.29, 1.82) is 0 Å². The maximum Gasteiger partial charge on any atom is 0.0634 e. The molecule has 0 radical (unpaired) electrons. The van der Waals surface area contributed by atoms with E-state index in [0.717, 1.165) is 13.1 Å². The van der Waals surface area contributed by atoms with Crippen LogP contribution in [-0.4, -0.2) is 14.7 Å². The lowest BCUT2D eigenvalue weighted by molar-refractivity contribution is 0.352. The van der Waals surface area contributed by atoms with Gasteiger partial charge in [-0.2, -0.15) is 0 Å². The van der Waals surface area contributed by atoms with Crippen LogP contribution in [0.15, 0.2) is 12.4 Å². The van der Waals surface area contributed by atoms with Crippen LogP contribution >= 0.6 is 22.9 Å². The normalized spacial score (nSPS) is 17.8. The van der Waals surface area contributed by atoms with Gasteiger partial charge in [0, 0.05) is 25.5 Å². The van der Waals surface area contributed by atoms with Crippen LogP contribution in [0.3, 0.4) is 0 Å². The number of hydrogen-bond donors (Lipinski definition) is 0. The third kappa shape index (κ3) is 0.971. The van der Waals surface area contributed by atoms with Crippen molar-refractivity contribution in [3.05, 3.63) is 23.5 Å². The minimum Gasteiger partial charge on any atom is -0.298 e. The summed E-state index contributed by atoms with van der Waals surface area (Å²) in [5, 5.41) is 0. The highest BCUT2D eigenvalue weighted by Gasteiger charge is 2.16. The van der Waals surface area contributed by atoms with E-state index in [1.807, 2.05) is 0 Å². The Bertz CT molecular complexity index is 231. The Kier molecular flexibility index (Phi) is 1.49. The highest BCUT2D eigenvalue weighted by atomic mass is 127. The zero-order chi connectivity index (χ0) is 7.14. The van der Waals surface area contributed by atoms with Gasteiger partial charge in [-0.15, -0.1) is 0 Å². The van der Waals surface area contributed by atoms with Gasteiger partial charge >= 0.3 is 0 Å². The van der Waals surface area contributed by atoms with E-state index in [1.165, 1.54) is 11.1 Å². The van der Waals surface area contributed by atoms with Gasteiger partial charge in [0.15, 0.2) is 0 Å². The number of halogens is 1. The van der Waals surface area contributed by atoms with E-state index >= 15 is 0 Å². The molecule has 1 aromatic heterocycles. The average molecular weight is 248 g/mol. The highest BCUT2D eigenvalue weighted by Crippen LogP contribution is 2.22. The van der Waals surface area contributed by atoms with Crippen molar-refractivity contribution < 1.29 is 0 Å². The van der Waals surface area contributed by atoms with Crippen molar-refractivity contribution in [3.8, 4) is 0 Å². The summed E-state index contributed by atoms with van der Waals surface area (Å²) in [6.45, 7) is 2.23. The van der Waals surface area contributed by atoms with E-state index in [1.54, 1.807) is 0 Å². The fourth-order valence-electron chi connectivity index (χ4n) is 1.42. The fraction of sp³-hybridized carbons (Fsp3) is 0.429. The predicted octanol–water partition coefficient (Wildman–Crippen LogP) is 1.63. The molecule has 10 heavy (non-hydrogen) atoms. The number of hydrogen-bond acceptors (Lipinski definition) is 1. The Hall–Kier alpha value is -0.0300. The summed E-state index contributed by atoms with van der Waals surface area (Å²) < 4.78 is 2.11. The molecule has 0 aliphatic carbocycles. The molecular formula is C7H9IN2. The molecule has 0 fully saturated rings. The fourth-order valence-corrected chi connectivity index (χ4v) is 2.10. The monoisotopic (exact) mass is 248 g/mol. The van der Waals surface area contributed by atoms with E-state index in [4.69, 9.17) is 0 Å². The molecule has 0 bridgehead atoms. The maximum absolute atomic E-state index is 2.32. The van der Waals surface area contributed by atoms with Crippen LogP contribution in [0, 0.1) is 0 Å². The van der Waals surface area contributed by atoms with E-state index < -0.39 is 0 Å². The molecule has 0 N–H and O–H groups in total. The third-order valence-corrected chi connectivity index (χ3v) is 2.41. The SMILES string of the molecule is CN1Cc2cn(I)cc2C1. The molecule has 1 aliphatic heterocycles. The minimum atomic E-state index is 1.12. The van der Waals surface area contributed by atoms with Crippen molar-refractivity contribution in [1.82, 2.24) is 7.68 Å². The van der Waals surface area contributed by atoms with E-state index in [0.29, 0.717) is 0 Å². The standard InChI is InChI=1S/C7H9IN2/c1-9-2-6-4-10(8)5-7(6)3-9/h4-5H,2-3H2,1H3. The topological polar surface area (TPSA) is 8.17 Å². The molecule has 0 aromatic carbocycles. The van der Waals surface area contributed by atoms with Crippen molar-refractivity contribution in [2.45, 2.75) is 13.1 Å². The van der Waals surface area contributed by atoms with E-state index in [2.05, 4.69) is 50.0 Å². The lowest BCUT2D eigenvalue weighted by Gasteiger charge is -2.04. The molecule has 0 amide bonds. The molecule has 3 heteroatoms. The average Bonchev–Trinajstić information content (AvgIpc) is 2.21. The second-order valence-corrected chi connectivity index (χ2v) is 3.94. The first-order chi connectivity index (χ1) is 4.75. The van der Waals surface area contributed by atoms with Crippen molar-refractivity contribution in [2.75, 3.05) is 7.05 Å². The van der Waals surface area contributed by atoms with Crippen LogP contribution < -0.4 is 0 Å². The van der Waals surface area contributed by atoms with Gasteiger partial charge in [-0.25, -0.2) is 0 Å². The molecule has 2 rings (SSSR count). The number of fused-ring (bicyclic) bond motifs is 1. The summed E-state index contributed by atoms with van der Waals surface area (Å²) in [6.07, 6.45) is 4.39. The molecular weight excluding hydrogens is 239 g/mol. The summed E-state index contributed by atoms with van der Waals surface area (Å²) in [6, 6.07) is 0. The number of nitrogens with zero attached hydrogens (tertiary/aromatic N) is 2. The van der Waals surface area contributed by atoms with Gasteiger partial charge < -0.3 is 0 Å². The first kappa shape index (κ1) is 6.67. The molecule has 54 valence electrons. The van der Waals surface area contributed by atoms with Gasteiger partial charge in [-0.05, 0) is 18.2 Å². The zero-order valence-electron chi connectivity index (χ0n) is 5.84. The summed E-state index contributed by atoms with van der Waals surface area (Å²) in [5.41, 5.74) is 2.97. The van der Waals surface area contributed by atoms with Crippen molar-refractivity contribution >= 4 is 22.9 Å². The Morgan fingerprint density at radius 2 is 1.80 bits per heavy atom. The highest BCUT2D eigenvalue weighted by molar-refractivity contribution is 14.1. The Balaban J connectivity index is 2.39. The Morgan fingerprint density at radius 3 is 2.30 bits per heavy atom. The summed E-state index contributed by atoms with van der Waals surface area (Å²) in [5.74, 6) is 0. The molecule has 0 unspecified atom stereocenters. The van der Waals surface area contributed by atoms with Crippen LogP contribution in [0.1, 0.15) is 11.1 Å². The lowest BCUT2D eigenvalue weighted by Crippen LogP contribution is -2.08. The van der Waals surface area contributed by atoms with Gasteiger partial charge in [-0.3, -0.25) is 7.68 Å². The first-order valence-electron chi connectivity index (χ1n) is 3.30. The van der Waals surface area contributed by atoms with Crippen LogP contribution in [-0.2, 0) is 13.1 Å². The number of aromatic nitrogens is 1. The summed E-state index contributed by atoms with van der Waals surface area (Å²) in [7, 11) is 2.15. The number of rotatable bonds is 0. The van der Waals surface area contributed by atoms with E-state index in [9.17, 15) is 0 Å². The molecule has 0 spiro atoms. The molecule has 2 nitrogen and oxygen atoms in total. The Morgan fingerprint density at radius 1 is 1.30 bits per heavy atom. The van der Waals surface area contributed by atoms with Crippen LogP contribution in [0.25, 0.3) is 0 Å². The largest absolute Gasteiger partial charge is 0.298 e. The molecule has 2 heterocycles. The molecule has 0 atom stereocenters. The molecule has 1 aliphatic rings. The van der Waals surface area contributed by atoms with Crippen LogP contribution in [0.2, 0.25) is 0 Å². The van der Waals surface area contributed by atoms with Crippen LogP contribution in [0.5, 0.6) is 0 Å². The maximum atomic E-state index is 2.32. The lowest BCUT2D eigenvalue weighted by atomic mass is 10.2.